The number of H-pyrrole nitrogens is 1. The number of aromatic amines is 1. The molecule has 1 amide bonds. The summed E-state index contributed by atoms with van der Waals surface area (Å²) in [6.07, 6.45) is 2.16. The Morgan fingerprint density at radius 3 is 2.77 bits per heavy atom. The Bertz CT molecular complexity index is 1010. The second kappa shape index (κ2) is 6.35. The van der Waals surface area contributed by atoms with Gasteiger partial charge in [0.05, 0.1) is 22.6 Å². The molecule has 26 heavy (non-hydrogen) atoms. The predicted molar refractivity (Wildman–Crippen MR) is 98.3 cm³/mol. The number of ketones is 1. The zero-order valence-corrected chi connectivity index (χ0v) is 14.2. The first-order chi connectivity index (χ1) is 12.5. The quantitative estimate of drug-likeness (QED) is 0.500. The van der Waals surface area contributed by atoms with Crippen molar-refractivity contribution in [2.24, 2.45) is 0 Å². The number of para-hydroxylation sites is 2. The number of carbonyl (C=O) groups is 2. The van der Waals surface area contributed by atoms with Crippen LogP contribution >= 0.6 is 0 Å². The standard InChI is InChI=1S/C19H17BN2O4/c1-11(23)14-6-3-5-13-10-16(20(25)26-18(13)14)22-19(24)15-7-2-4-12-8-9-21-17(12)15/h2-9,16,21,25H,10H2,1H3,(H,22,24)/t16-/m0/s1. The van der Waals surface area contributed by atoms with E-state index in [0.717, 1.165) is 16.5 Å². The monoisotopic (exact) mass is 348 g/mol. The molecule has 3 aromatic rings. The van der Waals surface area contributed by atoms with Crippen LogP contribution in [0.4, 0.5) is 0 Å². The fraction of sp³-hybridized carbons (Fsp3) is 0.158. The Balaban J connectivity index is 1.60. The smallest absolute Gasteiger partial charge is 0.534 e. The van der Waals surface area contributed by atoms with Crippen molar-refractivity contribution in [2.45, 2.75) is 19.3 Å². The van der Waals surface area contributed by atoms with Crippen LogP contribution in [0.25, 0.3) is 10.9 Å². The number of benzene rings is 2. The van der Waals surface area contributed by atoms with Crippen LogP contribution in [0, 0.1) is 0 Å². The zero-order chi connectivity index (χ0) is 18.3. The maximum Gasteiger partial charge on any atom is 0.547 e. The van der Waals surface area contributed by atoms with Crippen LogP contribution in [0.1, 0.15) is 33.2 Å². The summed E-state index contributed by atoms with van der Waals surface area (Å²) in [4.78, 5) is 27.5. The molecule has 0 saturated heterocycles. The molecule has 3 N–H and O–H groups in total. The summed E-state index contributed by atoms with van der Waals surface area (Å²) < 4.78 is 5.56. The maximum absolute atomic E-state index is 12.7. The van der Waals surface area contributed by atoms with Crippen molar-refractivity contribution in [1.82, 2.24) is 10.3 Å². The van der Waals surface area contributed by atoms with Gasteiger partial charge in [0.15, 0.2) is 5.78 Å². The summed E-state index contributed by atoms with van der Waals surface area (Å²) in [5.41, 5.74) is 2.47. The zero-order valence-electron chi connectivity index (χ0n) is 14.2. The van der Waals surface area contributed by atoms with Crippen LogP contribution in [0.3, 0.4) is 0 Å². The van der Waals surface area contributed by atoms with Gasteiger partial charge in [-0.3, -0.25) is 9.59 Å². The van der Waals surface area contributed by atoms with E-state index in [1.165, 1.54) is 6.92 Å². The molecule has 0 spiro atoms. The number of aromatic nitrogens is 1. The molecule has 0 bridgehead atoms. The fourth-order valence-electron chi connectivity index (χ4n) is 3.35. The lowest BCUT2D eigenvalue weighted by atomic mass is 9.72. The van der Waals surface area contributed by atoms with Crippen molar-refractivity contribution in [2.75, 3.05) is 0 Å². The molecule has 2 heterocycles. The number of hydrogen-bond donors (Lipinski definition) is 3. The largest absolute Gasteiger partial charge is 0.547 e. The first-order valence-electron chi connectivity index (χ1n) is 8.39. The van der Waals surface area contributed by atoms with Gasteiger partial charge in [-0.15, -0.1) is 0 Å². The first-order valence-corrected chi connectivity index (χ1v) is 8.39. The number of rotatable bonds is 3. The number of amides is 1. The van der Waals surface area contributed by atoms with E-state index in [4.69, 9.17) is 4.65 Å². The van der Waals surface area contributed by atoms with Gasteiger partial charge in [-0.2, -0.15) is 0 Å². The van der Waals surface area contributed by atoms with E-state index in [9.17, 15) is 14.6 Å². The first kappa shape index (κ1) is 16.4. The molecule has 0 unspecified atom stereocenters. The Labute approximate surface area is 150 Å². The van der Waals surface area contributed by atoms with Gasteiger partial charge in [0.25, 0.3) is 5.91 Å². The molecule has 4 rings (SSSR count). The van der Waals surface area contributed by atoms with Crippen molar-refractivity contribution in [3.8, 4) is 5.75 Å². The van der Waals surface area contributed by atoms with Gasteiger partial charge in [0, 0.05) is 11.6 Å². The molecule has 1 aliphatic rings. The molecule has 0 saturated carbocycles. The van der Waals surface area contributed by atoms with Crippen LogP contribution in [0.5, 0.6) is 5.75 Å². The molecular formula is C19H17BN2O4. The Hall–Kier alpha value is -3.06. The van der Waals surface area contributed by atoms with Gasteiger partial charge in [-0.05, 0) is 37.1 Å². The molecular weight excluding hydrogens is 331 g/mol. The molecule has 7 heteroatoms. The van der Waals surface area contributed by atoms with Gasteiger partial charge in [0.2, 0.25) is 0 Å². The van der Waals surface area contributed by atoms with Crippen molar-refractivity contribution < 1.29 is 19.3 Å². The van der Waals surface area contributed by atoms with Gasteiger partial charge in [0.1, 0.15) is 5.75 Å². The van der Waals surface area contributed by atoms with E-state index >= 15 is 0 Å². The van der Waals surface area contributed by atoms with Gasteiger partial charge in [-0.1, -0.05) is 24.3 Å². The van der Waals surface area contributed by atoms with Crippen molar-refractivity contribution in [3.63, 3.8) is 0 Å². The summed E-state index contributed by atoms with van der Waals surface area (Å²) >= 11 is 0. The van der Waals surface area contributed by atoms with Gasteiger partial charge >= 0.3 is 7.12 Å². The highest BCUT2D eigenvalue weighted by molar-refractivity contribution is 6.47. The van der Waals surface area contributed by atoms with Gasteiger partial charge < -0.3 is 20.0 Å². The average molecular weight is 348 g/mol. The van der Waals surface area contributed by atoms with E-state index in [-0.39, 0.29) is 11.7 Å². The predicted octanol–water partition coefficient (Wildman–Crippen LogP) is 2.12. The number of carbonyl (C=O) groups excluding carboxylic acids is 2. The minimum Gasteiger partial charge on any atom is -0.534 e. The van der Waals surface area contributed by atoms with E-state index in [1.807, 2.05) is 24.3 Å². The van der Waals surface area contributed by atoms with Crippen LogP contribution in [0.2, 0.25) is 0 Å². The molecule has 130 valence electrons. The summed E-state index contributed by atoms with van der Waals surface area (Å²) in [5, 5.41) is 14.1. The van der Waals surface area contributed by atoms with E-state index in [0.29, 0.717) is 23.3 Å². The second-order valence-corrected chi connectivity index (χ2v) is 6.39. The normalized spacial score (nSPS) is 16.1. The van der Waals surface area contributed by atoms with Gasteiger partial charge in [-0.25, -0.2) is 0 Å². The van der Waals surface area contributed by atoms with Crippen LogP contribution < -0.4 is 9.97 Å². The second-order valence-electron chi connectivity index (χ2n) is 6.39. The SMILES string of the molecule is CC(=O)c1cccc2c1OB(O)[C@@H](NC(=O)c1cccc3cc[nH]c13)C2. The van der Waals surface area contributed by atoms with Crippen molar-refractivity contribution in [1.29, 1.82) is 0 Å². The third-order valence-electron chi connectivity index (χ3n) is 4.65. The minimum atomic E-state index is -1.23. The number of fused-ring (bicyclic) bond motifs is 2. The molecule has 1 aromatic heterocycles. The molecule has 1 aliphatic heterocycles. The number of nitrogens with one attached hydrogen (secondary N) is 2. The molecule has 0 aliphatic carbocycles. The van der Waals surface area contributed by atoms with E-state index in [2.05, 4.69) is 10.3 Å². The summed E-state index contributed by atoms with van der Waals surface area (Å²) in [6, 6.07) is 12.6. The highest BCUT2D eigenvalue weighted by Crippen LogP contribution is 2.30. The third-order valence-corrected chi connectivity index (χ3v) is 4.65. The van der Waals surface area contributed by atoms with Crippen LogP contribution in [-0.2, 0) is 6.42 Å². The van der Waals surface area contributed by atoms with Crippen molar-refractivity contribution >= 4 is 29.7 Å². The van der Waals surface area contributed by atoms with Crippen LogP contribution in [0.15, 0.2) is 48.7 Å². The van der Waals surface area contributed by atoms with E-state index < -0.39 is 13.1 Å². The lowest BCUT2D eigenvalue weighted by molar-refractivity contribution is 0.0940. The molecule has 2 aromatic carbocycles. The van der Waals surface area contributed by atoms with Crippen LogP contribution in [-0.4, -0.2) is 34.8 Å². The molecule has 0 fully saturated rings. The number of hydrogen-bond acceptors (Lipinski definition) is 4. The maximum atomic E-state index is 12.7. The molecule has 1 atom stereocenters. The summed E-state index contributed by atoms with van der Waals surface area (Å²) in [5.74, 6) is -0.640. The summed E-state index contributed by atoms with van der Waals surface area (Å²) in [7, 11) is -1.23. The lowest BCUT2D eigenvalue weighted by Gasteiger charge is -2.29. The fourth-order valence-corrected chi connectivity index (χ4v) is 3.35. The average Bonchev–Trinajstić information content (AvgIpc) is 3.10. The Morgan fingerprint density at radius 2 is 1.96 bits per heavy atom. The lowest BCUT2D eigenvalue weighted by Crippen LogP contribution is -2.53. The van der Waals surface area contributed by atoms with E-state index in [1.54, 1.807) is 24.4 Å². The Morgan fingerprint density at radius 1 is 1.19 bits per heavy atom. The molecule has 6 nitrogen and oxygen atoms in total. The topological polar surface area (TPSA) is 91.4 Å². The highest BCUT2D eigenvalue weighted by Gasteiger charge is 2.37. The number of Topliss-reactive ketones (excluding diaryl/α,β-unsaturated/α-hetero) is 1. The highest BCUT2D eigenvalue weighted by atomic mass is 16.5. The Kier molecular flexibility index (Phi) is 4.01. The minimum absolute atomic E-state index is 0.130. The molecule has 0 radical (unpaired) electrons. The van der Waals surface area contributed by atoms with Crippen molar-refractivity contribution in [3.05, 3.63) is 65.4 Å². The summed E-state index contributed by atoms with van der Waals surface area (Å²) in [6.45, 7) is 1.45. The third kappa shape index (κ3) is 2.76.